The van der Waals surface area contributed by atoms with E-state index in [1.54, 1.807) is 0 Å². The van der Waals surface area contributed by atoms with E-state index >= 15 is 0 Å². The topological polar surface area (TPSA) is 61.8 Å². The van der Waals surface area contributed by atoms with Gasteiger partial charge in [0.2, 0.25) is 0 Å². The minimum atomic E-state index is 0.0146. The Morgan fingerprint density at radius 3 is 2.48 bits per heavy atom. The number of piperazine rings is 1. The maximum atomic E-state index is 12.8. The highest BCUT2D eigenvalue weighted by Crippen LogP contribution is 2.16. The molecule has 23 heavy (non-hydrogen) atoms. The van der Waals surface area contributed by atoms with E-state index < -0.39 is 0 Å². The van der Waals surface area contributed by atoms with Crippen LogP contribution < -0.4 is 4.90 Å². The van der Waals surface area contributed by atoms with Crippen LogP contribution in [0.2, 0.25) is 0 Å². The van der Waals surface area contributed by atoms with Crippen LogP contribution in [0, 0.1) is 6.92 Å². The fourth-order valence-corrected chi connectivity index (χ4v) is 3.05. The molecule has 2 saturated heterocycles. The van der Waals surface area contributed by atoms with Crippen LogP contribution in [0.15, 0.2) is 6.07 Å². The largest absolute Gasteiger partial charge is 0.378 e. The first-order valence-corrected chi connectivity index (χ1v) is 8.37. The first-order chi connectivity index (χ1) is 11.2. The van der Waals surface area contributed by atoms with Crippen LogP contribution >= 0.6 is 0 Å². The maximum Gasteiger partial charge on any atom is 0.272 e. The Morgan fingerprint density at radius 1 is 1.13 bits per heavy atom. The number of carbonyl (C=O) groups excluding carboxylic acids is 1. The molecule has 2 aliphatic heterocycles. The molecule has 0 bridgehead atoms. The van der Waals surface area contributed by atoms with Crippen LogP contribution in [0.3, 0.4) is 0 Å². The van der Waals surface area contributed by atoms with E-state index in [4.69, 9.17) is 4.74 Å². The van der Waals surface area contributed by atoms with Crippen molar-refractivity contribution in [2.75, 3.05) is 63.9 Å². The summed E-state index contributed by atoms with van der Waals surface area (Å²) in [5, 5.41) is 0. The van der Waals surface area contributed by atoms with Crippen molar-refractivity contribution >= 4 is 11.7 Å². The minimum absolute atomic E-state index is 0.0146. The van der Waals surface area contributed by atoms with Crippen LogP contribution in [0.5, 0.6) is 0 Å². The zero-order valence-electron chi connectivity index (χ0n) is 14.0. The molecule has 1 amide bonds. The number of hydrogen-bond donors (Lipinski definition) is 0. The van der Waals surface area contributed by atoms with Gasteiger partial charge in [0.25, 0.3) is 5.91 Å². The average Bonchev–Trinajstić information content (AvgIpc) is 2.61. The molecule has 126 valence electrons. The number of rotatable bonds is 3. The summed E-state index contributed by atoms with van der Waals surface area (Å²) in [7, 11) is 0. The predicted octanol–water partition coefficient (Wildman–Crippen LogP) is 0.399. The first kappa shape index (κ1) is 16.1. The van der Waals surface area contributed by atoms with Crippen molar-refractivity contribution in [1.82, 2.24) is 19.8 Å². The van der Waals surface area contributed by atoms with E-state index in [0.29, 0.717) is 24.7 Å². The molecule has 0 aliphatic carbocycles. The summed E-state index contributed by atoms with van der Waals surface area (Å²) in [5.41, 5.74) is 0.504. The summed E-state index contributed by atoms with van der Waals surface area (Å²) >= 11 is 0. The number of aryl methyl sites for hydroxylation is 1. The van der Waals surface area contributed by atoms with Crippen LogP contribution in [0.25, 0.3) is 0 Å². The molecule has 0 aromatic carbocycles. The fraction of sp³-hybridized carbons (Fsp3) is 0.688. The number of ether oxygens (including phenoxy) is 1. The number of hydrogen-bond acceptors (Lipinski definition) is 6. The van der Waals surface area contributed by atoms with Crippen LogP contribution in [0.4, 0.5) is 5.82 Å². The number of aromatic nitrogens is 2. The van der Waals surface area contributed by atoms with Gasteiger partial charge in [-0.15, -0.1) is 0 Å². The maximum absolute atomic E-state index is 12.8. The fourth-order valence-electron chi connectivity index (χ4n) is 3.05. The molecule has 0 atom stereocenters. The molecule has 0 unspecified atom stereocenters. The van der Waals surface area contributed by atoms with E-state index in [1.165, 1.54) is 0 Å². The zero-order valence-corrected chi connectivity index (χ0v) is 14.0. The summed E-state index contributed by atoms with van der Waals surface area (Å²) < 4.78 is 5.38. The second-order valence-electron chi connectivity index (χ2n) is 5.98. The van der Waals surface area contributed by atoms with Crippen molar-refractivity contribution in [1.29, 1.82) is 0 Å². The van der Waals surface area contributed by atoms with Crippen molar-refractivity contribution < 1.29 is 9.53 Å². The number of nitrogens with zero attached hydrogens (tertiary/aromatic N) is 5. The third-order valence-electron chi connectivity index (χ3n) is 4.49. The van der Waals surface area contributed by atoms with E-state index in [-0.39, 0.29) is 5.91 Å². The number of likely N-dealkylation sites (N-methyl/N-ethyl adjacent to an activating group) is 1. The van der Waals surface area contributed by atoms with Gasteiger partial charge in [0.15, 0.2) is 0 Å². The van der Waals surface area contributed by atoms with Crippen molar-refractivity contribution in [3.8, 4) is 0 Å². The zero-order chi connectivity index (χ0) is 16.2. The normalized spacial score (nSPS) is 19.9. The van der Waals surface area contributed by atoms with Gasteiger partial charge in [0.05, 0.1) is 13.2 Å². The molecule has 1 aromatic rings. The van der Waals surface area contributed by atoms with E-state index in [9.17, 15) is 4.79 Å². The second kappa shape index (κ2) is 7.23. The Balaban J connectivity index is 1.74. The molecule has 3 heterocycles. The van der Waals surface area contributed by atoms with Gasteiger partial charge >= 0.3 is 0 Å². The van der Waals surface area contributed by atoms with Gasteiger partial charge in [-0.3, -0.25) is 4.79 Å². The summed E-state index contributed by atoms with van der Waals surface area (Å²) in [6.07, 6.45) is 0. The third-order valence-corrected chi connectivity index (χ3v) is 4.49. The molecule has 7 heteroatoms. The summed E-state index contributed by atoms with van der Waals surface area (Å²) in [6.45, 7) is 11.4. The molecule has 1 aromatic heterocycles. The number of carbonyl (C=O) groups is 1. The molecule has 0 saturated carbocycles. The Labute approximate surface area is 137 Å². The molecular formula is C16H25N5O2. The van der Waals surface area contributed by atoms with Crippen LogP contribution in [0.1, 0.15) is 23.2 Å². The van der Waals surface area contributed by atoms with Gasteiger partial charge in [0, 0.05) is 45.3 Å². The lowest BCUT2D eigenvalue weighted by Crippen LogP contribution is -2.48. The van der Waals surface area contributed by atoms with E-state index in [2.05, 4.69) is 26.7 Å². The van der Waals surface area contributed by atoms with Crippen LogP contribution in [-0.2, 0) is 4.74 Å². The summed E-state index contributed by atoms with van der Waals surface area (Å²) in [4.78, 5) is 28.0. The summed E-state index contributed by atoms with van der Waals surface area (Å²) in [5.74, 6) is 1.49. The number of amides is 1. The Hall–Kier alpha value is -1.73. The van der Waals surface area contributed by atoms with Crippen molar-refractivity contribution in [3.05, 3.63) is 17.6 Å². The standard InChI is InChI=1S/C16H25N5O2/c1-3-19-4-6-21(7-5-19)16(22)14-12-15(18-13(2)17-14)20-8-10-23-11-9-20/h12H,3-11H2,1-2H3. The first-order valence-electron chi connectivity index (χ1n) is 8.37. The van der Waals surface area contributed by atoms with Gasteiger partial charge in [-0.05, 0) is 13.5 Å². The molecule has 0 radical (unpaired) electrons. The monoisotopic (exact) mass is 319 g/mol. The van der Waals surface area contributed by atoms with Crippen LogP contribution in [-0.4, -0.2) is 84.7 Å². The van der Waals surface area contributed by atoms with Crippen molar-refractivity contribution in [3.63, 3.8) is 0 Å². The molecule has 7 nitrogen and oxygen atoms in total. The molecular weight excluding hydrogens is 294 g/mol. The quantitative estimate of drug-likeness (QED) is 0.804. The Kier molecular flexibility index (Phi) is 5.07. The molecule has 0 spiro atoms. The Bertz CT molecular complexity index is 551. The second-order valence-corrected chi connectivity index (χ2v) is 5.98. The van der Waals surface area contributed by atoms with E-state index in [0.717, 1.165) is 51.6 Å². The van der Waals surface area contributed by atoms with Gasteiger partial charge in [-0.1, -0.05) is 6.92 Å². The lowest BCUT2D eigenvalue weighted by Gasteiger charge is -2.34. The number of morpholine rings is 1. The molecule has 2 fully saturated rings. The highest BCUT2D eigenvalue weighted by Gasteiger charge is 2.24. The van der Waals surface area contributed by atoms with Crippen molar-refractivity contribution in [2.45, 2.75) is 13.8 Å². The minimum Gasteiger partial charge on any atom is -0.378 e. The van der Waals surface area contributed by atoms with Gasteiger partial charge in [-0.25, -0.2) is 9.97 Å². The number of anilines is 1. The molecule has 0 N–H and O–H groups in total. The van der Waals surface area contributed by atoms with Gasteiger partial charge < -0.3 is 19.4 Å². The molecule has 2 aliphatic rings. The third kappa shape index (κ3) is 3.79. The highest BCUT2D eigenvalue weighted by atomic mass is 16.5. The van der Waals surface area contributed by atoms with Crippen molar-refractivity contribution in [2.24, 2.45) is 0 Å². The van der Waals surface area contributed by atoms with E-state index in [1.807, 2.05) is 17.9 Å². The smallest absolute Gasteiger partial charge is 0.272 e. The Morgan fingerprint density at radius 2 is 1.83 bits per heavy atom. The lowest BCUT2D eigenvalue weighted by atomic mass is 10.2. The average molecular weight is 319 g/mol. The highest BCUT2D eigenvalue weighted by molar-refractivity contribution is 5.93. The lowest BCUT2D eigenvalue weighted by molar-refractivity contribution is 0.0637. The van der Waals surface area contributed by atoms with Gasteiger partial charge in [0.1, 0.15) is 17.3 Å². The molecule has 3 rings (SSSR count). The SMILES string of the molecule is CCN1CCN(C(=O)c2cc(N3CCOCC3)nc(C)n2)CC1. The predicted molar refractivity (Wildman–Crippen MR) is 87.8 cm³/mol. The van der Waals surface area contributed by atoms with Gasteiger partial charge in [-0.2, -0.15) is 0 Å². The summed E-state index contributed by atoms with van der Waals surface area (Å²) in [6, 6.07) is 1.83.